The molecule has 4 nitrogen and oxygen atoms in total. The molecule has 1 heterocycles. The molecule has 0 bridgehead atoms. The molecule has 0 amide bonds. The number of benzene rings is 1. The zero-order chi connectivity index (χ0) is 11.8. The monoisotopic (exact) mass is 218 g/mol. The van der Waals surface area contributed by atoms with Gasteiger partial charge in [-0.1, -0.05) is 6.07 Å². The molecule has 2 rings (SSSR count). The van der Waals surface area contributed by atoms with Gasteiger partial charge in [-0.15, -0.1) is 0 Å². The Morgan fingerprint density at radius 1 is 1.44 bits per heavy atom. The maximum atomic E-state index is 6.13. The Kier molecular flexibility index (Phi) is 2.69. The smallest absolute Gasteiger partial charge is 0.0931 e. The Hall–Kier alpha value is -1.39. The summed E-state index contributed by atoms with van der Waals surface area (Å²) in [6, 6.07) is 6.00. The van der Waals surface area contributed by atoms with E-state index >= 15 is 0 Å². The second kappa shape index (κ2) is 3.88. The number of aromatic amines is 1. The van der Waals surface area contributed by atoms with Crippen LogP contribution in [0.4, 0.5) is 0 Å². The molecule has 1 aromatic heterocycles. The van der Waals surface area contributed by atoms with E-state index in [1.165, 1.54) is 0 Å². The van der Waals surface area contributed by atoms with Crippen LogP contribution in [0, 0.1) is 0 Å². The summed E-state index contributed by atoms with van der Waals surface area (Å²) in [7, 11) is 0. The van der Waals surface area contributed by atoms with Gasteiger partial charge in [-0.2, -0.15) is 0 Å². The number of hydrogen-bond donors (Lipinski definition) is 3. The van der Waals surface area contributed by atoms with Crippen LogP contribution in [0.3, 0.4) is 0 Å². The first-order chi connectivity index (χ1) is 7.46. The summed E-state index contributed by atoms with van der Waals surface area (Å²) in [4.78, 5) is 7.25. The molecule has 0 aliphatic rings. The summed E-state index contributed by atoms with van der Waals surface area (Å²) >= 11 is 0. The lowest BCUT2D eigenvalue weighted by molar-refractivity contribution is 0.429. The molecule has 1 unspecified atom stereocenters. The van der Waals surface area contributed by atoms with Crippen molar-refractivity contribution in [3.05, 3.63) is 30.1 Å². The third-order valence-corrected chi connectivity index (χ3v) is 2.62. The molecule has 0 aliphatic carbocycles. The molecule has 0 aliphatic heterocycles. The van der Waals surface area contributed by atoms with E-state index in [1.54, 1.807) is 6.33 Å². The molecule has 0 saturated carbocycles. The fraction of sp³-hybridized carbons (Fsp3) is 0.417. The van der Waals surface area contributed by atoms with Crippen molar-refractivity contribution < 1.29 is 0 Å². The zero-order valence-electron chi connectivity index (χ0n) is 9.70. The molecule has 0 spiro atoms. The van der Waals surface area contributed by atoms with E-state index in [0.29, 0.717) is 0 Å². The predicted molar refractivity (Wildman–Crippen MR) is 65.9 cm³/mol. The van der Waals surface area contributed by atoms with Gasteiger partial charge >= 0.3 is 0 Å². The van der Waals surface area contributed by atoms with Crippen molar-refractivity contribution in [2.45, 2.75) is 31.8 Å². The van der Waals surface area contributed by atoms with E-state index in [0.717, 1.165) is 23.0 Å². The first-order valence-corrected chi connectivity index (χ1v) is 5.43. The lowest BCUT2D eigenvalue weighted by Crippen LogP contribution is -2.35. The summed E-state index contributed by atoms with van der Waals surface area (Å²) in [5.74, 6) is 0. The van der Waals surface area contributed by atoms with Crippen molar-refractivity contribution >= 4 is 11.0 Å². The fourth-order valence-corrected chi connectivity index (χ4v) is 1.87. The molecule has 0 fully saturated rings. The number of fused-ring (bicyclic) bond motifs is 1. The summed E-state index contributed by atoms with van der Waals surface area (Å²) in [6.45, 7) is 3.98. The number of aromatic nitrogens is 2. The number of nitrogens with two attached hydrogens (primary N) is 2. The van der Waals surface area contributed by atoms with Gasteiger partial charge in [0.2, 0.25) is 0 Å². The van der Waals surface area contributed by atoms with E-state index in [9.17, 15) is 0 Å². The van der Waals surface area contributed by atoms with E-state index in [1.807, 2.05) is 32.0 Å². The minimum atomic E-state index is -0.248. The molecule has 0 saturated heterocycles. The first-order valence-electron chi connectivity index (χ1n) is 5.43. The minimum Gasteiger partial charge on any atom is -0.345 e. The molecule has 5 N–H and O–H groups in total. The molecule has 1 atom stereocenters. The summed E-state index contributed by atoms with van der Waals surface area (Å²) in [6.07, 6.45) is 2.44. The molecule has 0 radical (unpaired) electrons. The van der Waals surface area contributed by atoms with Crippen LogP contribution in [-0.4, -0.2) is 15.5 Å². The van der Waals surface area contributed by atoms with E-state index in [2.05, 4.69) is 9.97 Å². The Balaban J connectivity index is 2.25. The highest BCUT2D eigenvalue weighted by molar-refractivity contribution is 5.75. The average Bonchev–Trinajstić information content (AvgIpc) is 2.61. The van der Waals surface area contributed by atoms with Gasteiger partial charge < -0.3 is 16.5 Å². The number of H-pyrrole nitrogens is 1. The molecule has 4 heteroatoms. The van der Waals surface area contributed by atoms with Gasteiger partial charge in [0.15, 0.2) is 0 Å². The highest BCUT2D eigenvalue weighted by atomic mass is 14.9. The van der Waals surface area contributed by atoms with Crippen LogP contribution in [-0.2, 0) is 0 Å². The molecular weight excluding hydrogens is 200 g/mol. The molecule has 86 valence electrons. The lowest BCUT2D eigenvalue weighted by atomic mass is 9.92. The predicted octanol–water partition coefficient (Wildman–Crippen LogP) is 1.69. The van der Waals surface area contributed by atoms with Gasteiger partial charge in [0.05, 0.1) is 17.4 Å². The number of imidazole rings is 1. The van der Waals surface area contributed by atoms with Crippen LogP contribution >= 0.6 is 0 Å². The largest absolute Gasteiger partial charge is 0.345 e. The van der Waals surface area contributed by atoms with Crippen LogP contribution in [0.15, 0.2) is 24.5 Å². The molecular formula is C12H18N4. The van der Waals surface area contributed by atoms with E-state index in [4.69, 9.17) is 11.5 Å². The summed E-state index contributed by atoms with van der Waals surface area (Å²) in [5.41, 5.74) is 14.9. The van der Waals surface area contributed by atoms with Crippen molar-refractivity contribution in [1.29, 1.82) is 0 Å². The second-order valence-corrected chi connectivity index (χ2v) is 4.98. The third-order valence-electron chi connectivity index (χ3n) is 2.62. The maximum absolute atomic E-state index is 6.13. The Bertz CT molecular complexity index is 481. The third kappa shape index (κ3) is 2.40. The number of nitrogens with zero attached hydrogens (tertiary/aromatic N) is 1. The Labute approximate surface area is 95.0 Å². The standard InChI is InChI=1S/C12H18N4/c1-12(2,14)6-9(13)8-3-4-10-11(5-8)16-7-15-10/h3-5,7,9H,6,13-14H2,1-2H3,(H,15,16). The van der Waals surface area contributed by atoms with Crippen LogP contribution in [0.5, 0.6) is 0 Å². The SMILES string of the molecule is CC(C)(N)CC(N)c1ccc2nc[nH]c2c1. The number of nitrogens with one attached hydrogen (secondary N) is 1. The van der Waals surface area contributed by atoms with Crippen LogP contribution < -0.4 is 11.5 Å². The first kappa shape index (κ1) is 11.1. The normalized spacial score (nSPS) is 14.2. The summed E-state index contributed by atoms with van der Waals surface area (Å²) < 4.78 is 0. The van der Waals surface area contributed by atoms with Gasteiger partial charge in [-0.05, 0) is 38.0 Å². The quantitative estimate of drug-likeness (QED) is 0.733. The van der Waals surface area contributed by atoms with Gasteiger partial charge in [-0.3, -0.25) is 0 Å². The molecule has 16 heavy (non-hydrogen) atoms. The Morgan fingerprint density at radius 3 is 2.88 bits per heavy atom. The van der Waals surface area contributed by atoms with Crippen LogP contribution in [0.25, 0.3) is 11.0 Å². The van der Waals surface area contributed by atoms with Crippen LogP contribution in [0.2, 0.25) is 0 Å². The van der Waals surface area contributed by atoms with Gasteiger partial charge in [-0.25, -0.2) is 4.98 Å². The van der Waals surface area contributed by atoms with Crippen molar-refractivity contribution in [3.63, 3.8) is 0 Å². The van der Waals surface area contributed by atoms with Crippen LogP contribution in [0.1, 0.15) is 31.9 Å². The van der Waals surface area contributed by atoms with Crippen molar-refractivity contribution in [3.8, 4) is 0 Å². The highest BCUT2D eigenvalue weighted by Crippen LogP contribution is 2.22. The van der Waals surface area contributed by atoms with Crippen molar-refractivity contribution in [2.24, 2.45) is 11.5 Å². The lowest BCUT2D eigenvalue weighted by Gasteiger charge is -2.23. The topological polar surface area (TPSA) is 80.7 Å². The Morgan fingerprint density at radius 2 is 2.19 bits per heavy atom. The van der Waals surface area contributed by atoms with Crippen molar-refractivity contribution in [2.75, 3.05) is 0 Å². The van der Waals surface area contributed by atoms with Gasteiger partial charge in [0, 0.05) is 11.6 Å². The van der Waals surface area contributed by atoms with E-state index in [-0.39, 0.29) is 11.6 Å². The average molecular weight is 218 g/mol. The number of hydrogen-bond acceptors (Lipinski definition) is 3. The fourth-order valence-electron chi connectivity index (χ4n) is 1.87. The highest BCUT2D eigenvalue weighted by Gasteiger charge is 2.17. The second-order valence-electron chi connectivity index (χ2n) is 4.98. The molecule has 1 aromatic carbocycles. The minimum absolute atomic E-state index is 0.0345. The summed E-state index contributed by atoms with van der Waals surface area (Å²) in [5, 5.41) is 0. The molecule has 2 aromatic rings. The van der Waals surface area contributed by atoms with Crippen molar-refractivity contribution in [1.82, 2.24) is 9.97 Å². The van der Waals surface area contributed by atoms with E-state index < -0.39 is 0 Å². The number of rotatable bonds is 3. The van der Waals surface area contributed by atoms with Gasteiger partial charge in [0.1, 0.15) is 0 Å². The maximum Gasteiger partial charge on any atom is 0.0931 e. The zero-order valence-corrected chi connectivity index (χ0v) is 9.70. The van der Waals surface area contributed by atoms with Gasteiger partial charge in [0.25, 0.3) is 0 Å².